The minimum atomic E-state index is -3.00. The molecule has 1 fully saturated rings. The second kappa shape index (κ2) is 5.95. The van der Waals surface area contributed by atoms with Crippen LogP contribution in [0.1, 0.15) is 38.4 Å². The predicted octanol–water partition coefficient (Wildman–Crippen LogP) is 1.63. The minimum Gasteiger partial charge on any atom is -0.370 e. The molecule has 0 amide bonds. The second-order valence-electron chi connectivity index (χ2n) is 5.44. The average molecular weight is 298 g/mol. The molecule has 2 rings (SSSR count). The Labute approximate surface area is 120 Å². The summed E-state index contributed by atoms with van der Waals surface area (Å²) in [5.74, 6) is 2.87. The van der Waals surface area contributed by atoms with Crippen LogP contribution in [0.2, 0.25) is 0 Å². The van der Waals surface area contributed by atoms with E-state index in [1.54, 1.807) is 0 Å². The Morgan fingerprint density at radius 1 is 1.35 bits per heavy atom. The highest BCUT2D eigenvalue weighted by Crippen LogP contribution is 2.38. The maximum absolute atomic E-state index is 11.3. The van der Waals surface area contributed by atoms with Crippen molar-refractivity contribution in [3.8, 4) is 0 Å². The van der Waals surface area contributed by atoms with Crippen LogP contribution in [-0.2, 0) is 9.84 Å². The van der Waals surface area contributed by atoms with Crippen LogP contribution in [0.5, 0.6) is 0 Å². The topological polar surface area (TPSA) is 84.0 Å². The zero-order valence-electron chi connectivity index (χ0n) is 12.2. The lowest BCUT2D eigenvalue weighted by molar-refractivity contribution is 0.598. The zero-order chi connectivity index (χ0) is 14.8. The van der Waals surface area contributed by atoms with E-state index in [9.17, 15) is 8.42 Å². The predicted molar refractivity (Wildman–Crippen MR) is 81.0 cm³/mol. The first kappa shape index (κ1) is 15.0. The molecule has 1 saturated carbocycles. The lowest BCUT2D eigenvalue weighted by Gasteiger charge is -2.15. The molecule has 1 aliphatic rings. The summed E-state index contributed by atoms with van der Waals surface area (Å²) < 4.78 is 22.6. The summed E-state index contributed by atoms with van der Waals surface area (Å²) in [6.45, 7) is 4.64. The van der Waals surface area contributed by atoms with E-state index in [1.165, 1.54) is 6.26 Å². The fourth-order valence-corrected chi connectivity index (χ4v) is 3.08. The minimum absolute atomic E-state index is 0.0896. The van der Waals surface area contributed by atoms with Gasteiger partial charge in [-0.3, -0.25) is 0 Å². The molecule has 0 saturated heterocycles. The highest BCUT2D eigenvalue weighted by molar-refractivity contribution is 7.90. The van der Waals surface area contributed by atoms with Crippen molar-refractivity contribution in [2.75, 3.05) is 29.2 Å². The van der Waals surface area contributed by atoms with Crippen LogP contribution in [0.4, 0.5) is 11.6 Å². The van der Waals surface area contributed by atoms with Gasteiger partial charge in [-0.15, -0.1) is 0 Å². The number of sulfone groups is 1. The molecule has 1 aliphatic carbocycles. The first-order valence-corrected chi connectivity index (χ1v) is 9.00. The van der Waals surface area contributed by atoms with Crippen molar-refractivity contribution in [1.29, 1.82) is 0 Å². The summed E-state index contributed by atoms with van der Waals surface area (Å²) in [7, 11) is -3.00. The Morgan fingerprint density at radius 2 is 2.00 bits per heavy atom. The molecule has 112 valence electrons. The molecule has 0 radical (unpaired) electrons. The molecule has 20 heavy (non-hydrogen) atoms. The quantitative estimate of drug-likeness (QED) is 0.796. The summed E-state index contributed by atoms with van der Waals surface area (Å²) in [4.78, 5) is 8.98. The Morgan fingerprint density at radius 3 is 2.55 bits per heavy atom. The van der Waals surface area contributed by atoms with Crippen molar-refractivity contribution in [3.05, 3.63) is 11.9 Å². The van der Waals surface area contributed by atoms with Crippen molar-refractivity contribution in [1.82, 2.24) is 9.97 Å². The van der Waals surface area contributed by atoms with E-state index in [4.69, 9.17) is 0 Å². The fourth-order valence-electron chi connectivity index (χ4n) is 2.08. The molecule has 1 heterocycles. The smallest absolute Gasteiger partial charge is 0.149 e. The Bertz CT molecular complexity index is 570. The molecule has 0 aliphatic heterocycles. The van der Waals surface area contributed by atoms with Gasteiger partial charge in [0.25, 0.3) is 0 Å². The van der Waals surface area contributed by atoms with E-state index < -0.39 is 9.84 Å². The molecule has 0 aromatic carbocycles. The molecule has 1 aromatic heterocycles. The molecule has 1 unspecified atom stereocenters. The van der Waals surface area contributed by atoms with Crippen LogP contribution in [0.15, 0.2) is 6.07 Å². The van der Waals surface area contributed by atoms with Gasteiger partial charge < -0.3 is 10.6 Å². The van der Waals surface area contributed by atoms with E-state index in [0.717, 1.165) is 31.0 Å². The third-order valence-corrected chi connectivity index (χ3v) is 4.10. The lowest BCUT2D eigenvalue weighted by atomic mass is 10.3. The van der Waals surface area contributed by atoms with Crippen molar-refractivity contribution in [3.63, 3.8) is 0 Å². The molecular formula is C13H22N4O2S. The third-order valence-electron chi connectivity index (χ3n) is 2.99. The van der Waals surface area contributed by atoms with Gasteiger partial charge in [-0.1, -0.05) is 0 Å². The Kier molecular flexibility index (Phi) is 4.47. The van der Waals surface area contributed by atoms with Crippen molar-refractivity contribution >= 4 is 21.5 Å². The highest BCUT2D eigenvalue weighted by atomic mass is 32.2. The van der Waals surface area contributed by atoms with Crippen LogP contribution in [0.25, 0.3) is 0 Å². The number of anilines is 2. The number of aromatic nitrogens is 2. The highest BCUT2D eigenvalue weighted by Gasteiger charge is 2.27. The number of hydrogen-bond acceptors (Lipinski definition) is 6. The average Bonchev–Trinajstić information content (AvgIpc) is 3.09. The number of nitrogens with one attached hydrogen (secondary N) is 2. The number of nitrogens with zero attached hydrogens (tertiary/aromatic N) is 2. The number of rotatable bonds is 7. The van der Waals surface area contributed by atoms with Crippen LogP contribution < -0.4 is 10.6 Å². The first-order chi connectivity index (χ1) is 9.37. The van der Waals surface area contributed by atoms with E-state index in [1.807, 2.05) is 19.9 Å². The summed E-state index contributed by atoms with van der Waals surface area (Å²) in [6, 6.07) is 1.65. The lowest BCUT2D eigenvalue weighted by Crippen LogP contribution is -2.25. The SMILES string of the molecule is CCNc1cc(NC(C)CS(C)(=O)=O)nc(C2CC2)n1. The van der Waals surface area contributed by atoms with E-state index in [-0.39, 0.29) is 11.8 Å². The maximum Gasteiger partial charge on any atom is 0.149 e. The van der Waals surface area contributed by atoms with Crippen molar-refractivity contribution in [2.24, 2.45) is 0 Å². The second-order valence-corrected chi connectivity index (χ2v) is 7.62. The molecular weight excluding hydrogens is 276 g/mol. The molecule has 1 aromatic rings. The van der Waals surface area contributed by atoms with Gasteiger partial charge in [-0.05, 0) is 26.7 Å². The number of hydrogen-bond donors (Lipinski definition) is 2. The van der Waals surface area contributed by atoms with Crippen LogP contribution >= 0.6 is 0 Å². The largest absolute Gasteiger partial charge is 0.370 e. The van der Waals surface area contributed by atoms with Crippen LogP contribution in [0, 0.1) is 0 Å². The van der Waals surface area contributed by atoms with Crippen LogP contribution in [-0.4, -0.2) is 43.0 Å². The Balaban J connectivity index is 2.13. The zero-order valence-corrected chi connectivity index (χ0v) is 13.0. The summed E-state index contributed by atoms with van der Waals surface area (Å²) in [5.41, 5.74) is 0. The van der Waals surface area contributed by atoms with Gasteiger partial charge in [0, 0.05) is 30.8 Å². The molecule has 0 bridgehead atoms. The fraction of sp³-hybridized carbons (Fsp3) is 0.692. The van der Waals surface area contributed by atoms with Gasteiger partial charge in [0.2, 0.25) is 0 Å². The summed E-state index contributed by atoms with van der Waals surface area (Å²) in [6.07, 6.45) is 3.51. The van der Waals surface area contributed by atoms with Gasteiger partial charge in [0.1, 0.15) is 27.3 Å². The molecule has 2 N–H and O–H groups in total. The van der Waals surface area contributed by atoms with Crippen molar-refractivity contribution < 1.29 is 8.42 Å². The normalized spacial score (nSPS) is 16.8. The molecule has 6 nitrogen and oxygen atoms in total. The monoisotopic (exact) mass is 298 g/mol. The van der Waals surface area contributed by atoms with Gasteiger partial charge in [0.05, 0.1) is 5.75 Å². The summed E-state index contributed by atoms with van der Waals surface area (Å²) >= 11 is 0. The van der Waals surface area contributed by atoms with Crippen molar-refractivity contribution in [2.45, 2.75) is 38.6 Å². The van der Waals surface area contributed by atoms with Gasteiger partial charge in [0.15, 0.2) is 0 Å². The third kappa shape index (κ3) is 4.63. The van der Waals surface area contributed by atoms with E-state index in [2.05, 4.69) is 20.6 Å². The van der Waals surface area contributed by atoms with E-state index in [0.29, 0.717) is 11.7 Å². The summed E-state index contributed by atoms with van der Waals surface area (Å²) in [5, 5.41) is 6.33. The Hall–Kier alpha value is -1.37. The van der Waals surface area contributed by atoms with Crippen LogP contribution in [0.3, 0.4) is 0 Å². The van der Waals surface area contributed by atoms with Gasteiger partial charge >= 0.3 is 0 Å². The molecule has 0 spiro atoms. The van der Waals surface area contributed by atoms with Gasteiger partial charge in [-0.25, -0.2) is 18.4 Å². The van der Waals surface area contributed by atoms with E-state index >= 15 is 0 Å². The molecule has 7 heteroatoms. The van der Waals surface area contributed by atoms with Gasteiger partial charge in [-0.2, -0.15) is 0 Å². The maximum atomic E-state index is 11.3. The first-order valence-electron chi connectivity index (χ1n) is 6.94. The molecule has 1 atom stereocenters. The standard InChI is InChI=1S/C13H22N4O2S/c1-4-14-11-7-12(15-9(2)8-20(3,18)19)17-13(16-11)10-5-6-10/h7,9-10H,4-6,8H2,1-3H3,(H2,14,15,16,17).